The summed E-state index contributed by atoms with van der Waals surface area (Å²) in [7, 11) is 1.81. The standard InChI is InChI=1S/C24H39N5O.HI/c1-19-15-20(2)18-28(17-19)13-5-4-12-26-24(25-3)27-16-21-8-10-22(11-9-21)29-14-6-7-23(29)30;/h8-11,19-20H,4-7,12-18H2,1-3H3,(H2,25,26,27);1H. The Balaban J connectivity index is 0.00000341. The average molecular weight is 542 g/mol. The van der Waals surface area contributed by atoms with E-state index >= 15 is 0 Å². The van der Waals surface area contributed by atoms with Crippen molar-refractivity contribution in [2.24, 2.45) is 16.8 Å². The van der Waals surface area contributed by atoms with Gasteiger partial charge in [0.15, 0.2) is 5.96 Å². The van der Waals surface area contributed by atoms with Gasteiger partial charge >= 0.3 is 0 Å². The Labute approximate surface area is 205 Å². The van der Waals surface area contributed by atoms with Crippen LogP contribution in [0.1, 0.15) is 51.5 Å². The number of carbonyl (C=O) groups is 1. The van der Waals surface area contributed by atoms with Gasteiger partial charge in [-0.05, 0) is 61.8 Å². The molecule has 31 heavy (non-hydrogen) atoms. The molecule has 0 radical (unpaired) electrons. The minimum absolute atomic E-state index is 0. The maximum atomic E-state index is 11.9. The molecule has 2 aliphatic heterocycles. The summed E-state index contributed by atoms with van der Waals surface area (Å²) >= 11 is 0. The predicted molar refractivity (Wildman–Crippen MR) is 140 cm³/mol. The van der Waals surface area contributed by atoms with Crippen molar-refractivity contribution in [3.8, 4) is 0 Å². The van der Waals surface area contributed by atoms with Gasteiger partial charge in [0, 0.05) is 51.9 Å². The number of carbonyl (C=O) groups excluding carboxylic acids is 1. The molecule has 2 heterocycles. The van der Waals surface area contributed by atoms with E-state index in [0.29, 0.717) is 6.42 Å². The molecule has 2 fully saturated rings. The first-order valence-corrected chi connectivity index (χ1v) is 11.6. The van der Waals surface area contributed by atoms with E-state index in [1.807, 2.05) is 24.1 Å². The number of guanidine groups is 1. The lowest BCUT2D eigenvalue weighted by molar-refractivity contribution is -0.117. The lowest BCUT2D eigenvalue weighted by Gasteiger charge is -2.34. The number of amides is 1. The summed E-state index contributed by atoms with van der Waals surface area (Å²) in [6.07, 6.45) is 5.37. The Hall–Kier alpha value is -1.35. The van der Waals surface area contributed by atoms with Crippen LogP contribution in [-0.4, -0.2) is 56.5 Å². The van der Waals surface area contributed by atoms with Crippen LogP contribution in [0.4, 0.5) is 5.69 Å². The van der Waals surface area contributed by atoms with Crippen molar-refractivity contribution < 1.29 is 4.79 Å². The van der Waals surface area contributed by atoms with Gasteiger partial charge in [0.2, 0.25) is 5.91 Å². The third-order valence-electron chi connectivity index (χ3n) is 6.14. The number of benzene rings is 1. The molecule has 0 spiro atoms. The predicted octanol–water partition coefficient (Wildman–Crippen LogP) is 3.85. The van der Waals surface area contributed by atoms with Crippen molar-refractivity contribution in [2.75, 3.05) is 44.7 Å². The number of hydrogen-bond acceptors (Lipinski definition) is 3. The summed E-state index contributed by atoms with van der Waals surface area (Å²) in [4.78, 5) is 20.7. The molecule has 1 amide bonds. The van der Waals surface area contributed by atoms with E-state index in [-0.39, 0.29) is 29.9 Å². The van der Waals surface area contributed by atoms with Gasteiger partial charge in [0.05, 0.1) is 0 Å². The number of rotatable bonds is 8. The molecule has 2 N–H and O–H groups in total. The zero-order chi connectivity index (χ0) is 21.3. The highest BCUT2D eigenvalue weighted by Gasteiger charge is 2.22. The average Bonchev–Trinajstić information content (AvgIpc) is 3.15. The van der Waals surface area contributed by atoms with Gasteiger partial charge < -0.3 is 20.4 Å². The number of likely N-dealkylation sites (tertiary alicyclic amines) is 1. The second kappa shape index (κ2) is 13.3. The fourth-order valence-corrected chi connectivity index (χ4v) is 4.76. The maximum Gasteiger partial charge on any atom is 0.227 e. The largest absolute Gasteiger partial charge is 0.356 e. The van der Waals surface area contributed by atoms with Crippen LogP contribution in [0.25, 0.3) is 0 Å². The van der Waals surface area contributed by atoms with Gasteiger partial charge in [-0.1, -0.05) is 26.0 Å². The third kappa shape index (κ3) is 8.25. The zero-order valence-corrected chi connectivity index (χ0v) is 21.7. The van der Waals surface area contributed by atoms with E-state index in [1.54, 1.807) is 0 Å². The van der Waals surface area contributed by atoms with E-state index in [4.69, 9.17) is 0 Å². The van der Waals surface area contributed by atoms with E-state index < -0.39 is 0 Å². The van der Waals surface area contributed by atoms with Gasteiger partial charge in [0.1, 0.15) is 0 Å². The first kappa shape index (κ1) is 25.9. The van der Waals surface area contributed by atoms with E-state index in [0.717, 1.165) is 56.0 Å². The van der Waals surface area contributed by atoms with Crippen molar-refractivity contribution >= 4 is 41.5 Å². The number of anilines is 1. The van der Waals surface area contributed by atoms with Crippen molar-refractivity contribution in [3.63, 3.8) is 0 Å². The van der Waals surface area contributed by atoms with Crippen molar-refractivity contribution in [3.05, 3.63) is 29.8 Å². The number of hydrogen-bond donors (Lipinski definition) is 2. The highest BCUT2D eigenvalue weighted by molar-refractivity contribution is 14.0. The van der Waals surface area contributed by atoms with Gasteiger partial charge in [0.25, 0.3) is 0 Å². The van der Waals surface area contributed by atoms with Crippen molar-refractivity contribution in [1.82, 2.24) is 15.5 Å². The van der Waals surface area contributed by atoms with Gasteiger partial charge in [-0.15, -0.1) is 24.0 Å². The molecule has 174 valence electrons. The summed E-state index contributed by atoms with van der Waals surface area (Å²) in [5.74, 6) is 2.74. The Kier molecular flexibility index (Phi) is 11.1. The second-order valence-corrected chi connectivity index (χ2v) is 9.08. The van der Waals surface area contributed by atoms with Crippen LogP contribution in [0, 0.1) is 11.8 Å². The Morgan fingerprint density at radius 3 is 2.42 bits per heavy atom. The Morgan fingerprint density at radius 2 is 1.81 bits per heavy atom. The molecule has 7 heteroatoms. The quantitative estimate of drug-likeness (QED) is 0.227. The van der Waals surface area contributed by atoms with Crippen LogP contribution >= 0.6 is 24.0 Å². The lowest BCUT2D eigenvalue weighted by atomic mass is 9.92. The molecule has 2 aliphatic rings. The summed E-state index contributed by atoms with van der Waals surface area (Å²) in [6, 6.07) is 8.25. The lowest BCUT2D eigenvalue weighted by Crippen LogP contribution is -2.40. The van der Waals surface area contributed by atoms with Gasteiger partial charge in [-0.3, -0.25) is 9.79 Å². The molecule has 1 aromatic carbocycles. The molecule has 2 unspecified atom stereocenters. The van der Waals surface area contributed by atoms with Crippen LogP contribution < -0.4 is 15.5 Å². The summed E-state index contributed by atoms with van der Waals surface area (Å²) in [5, 5.41) is 6.81. The van der Waals surface area contributed by atoms with Crippen LogP contribution in [0.5, 0.6) is 0 Å². The number of piperidine rings is 1. The van der Waals surface area contributed by atoms with E-state index in [9.17, 15) is 4.79 Å². The summed E-state index contributed by atoms with van der Waals surface area (Å²) in [5.41, 5.74) is 2.18. The molecule has 1 aromatic rings. The van der Waals surface area contributed by atoms with Crippen LogP contribution in [0.15, 0.2) is 29.3 Å². The van der Waals surface area contributed by atoms with Crippen molar-refractivity contribution in [1.29, 1.82) is 0 Å². The molecular weight excluding hydrogens is 501 g/mol. The van der Waals surface area contributed by atoms with Crippen molar-refractivity contribution in [2.45, 2.75) is 52.5 Å². The minimum Gasteiger partial charge on any atom is -0.356 e. The number of halogens is 1. The normalized spacial score (nSPS) is 22.4. The topological polar surface area (TPSA) is 60.0 Å². The Bertz CT molecular complexity index is 698. The minimum atomic E-state index is 0. The number of nitrogens with one attached hydrogen (secondary N) is 2. The van der Waals surface area contributed by atoms with E-state index in [1.165, 1.54) is 38.0 Å². The molecule has 0 aromatic heterocycles. The molecule has 2 atom stereocenters. The molecule has 0 aliphatic carbocycles. The first-order chi connectivity index (χ1) is 14.5. The van der Waals surface area contributed by atoms with Crippen LogP contribution in [0.3, 0.4) is 0 Å². The summed E-state index contributed by atoms with van der Waals surface area (Å²) < 4.78 is 0. The molecular formula is C24H40IN5O. The summed E-state index contributed by atoms with van der Waals surface area (Å²) in [6.45, 7) is 11.0. The highest BCUT2D eigenvalue weighted by atomic mass is 127. The number of aliphatic imine (C=N–C) groups is 1. The first-order valence-electron chi connectivity index (χ1n) is 11.6. The molecule has 0 bridgehead atoms. The number of nitrogens with zero attached hydrogens (tertiary/aromatic N) is 3. The van der Waals surface area contributed by atoms with Gasteiger partial charge in [-0.25, -0.2) is 0 Å². The zero-order valence-electron chi connectivity index (χ0n) is 19.4. The molecule has 3 rings (SSSR count). The highest BCUT2D eigenvalue weighted by Crippen LogP contribution is 2.22. The fourth-order valence-electron chi connectivity index (χ4n) is 4.76. The van der Waals surface area contributed by atoms with Crippen LogP contribution in [-0.2, 0) is 11.3 Å². The van der Waals surface area contributed by atoms with E-state index in [2.05, 4.69) is 46.5 Å². The third-order valence-corrected chi connectivity index (χ3v) is 6.14. The molecule has 6 nitrogen and oxygen atoms in total. The Morgan fingerprint density at radius 1 is 1.10 bits per heavy atom. The number of unbranched alkanes of at least 4 members (excludes halogenated alkanes) is 1. The van der Waals surface area contributed by atoms with Gasteiger partial charge in [-0.2, -0.15) is 0 Å². The SMILES string of the molecule is CN=C(NCCCCN1CC(C)CC(C)C1)NCc1ccc(N2CCCC2=O)cc1.I. The second-order valence-electron chi connectivity index (χ2n) is 9.08. The smallest absolute Gasteiger partial charge is 0.227 e. The monoisotopic (exact) mass is 541 g/mol. The maximum absolute atomic E-state index is 11.9. The fraction of sp³-hybridized carbons (Fsp3) is 0.667. The molecule has 0 saturated carbocycles. The van der Waals surface area contributed by atoms with Crippen LogP contribution in [0.2, 0.25) is 0 Å². The molecule has 2 saturated heterocycles.